The van der Waals surface area contributed by atoms with Gasteiger partial charge in [0.15, 0.2) is 0 Å². The fourth-order valence-corrected chi connectivity index (χ4v) is 2.56. The number of ether oxygens (including phenoxy) is 1. The van der Waals surface area contributed by atoms with E-state index in [0.717, 1.165) is 26.0 Å². The zero-order chi connectivity index (χ0) is 13.0. The fourth-order valence-electron chi connectivity index (χ4n) is 2.56. The van der Waals surface area contributed by atoms with Crippen LogP contribution in [0, 0.1) is 6.92 Å². The van der Waals surface area contributed by atoms with Gasteiger partial charge in [-0.05, 0) is 26.2 Å². The Bertz CT molecular complexity index is 373. The molecule has 18 heavy (non-hydrogen) atoms. The summed E-state index contributed by atoms with van der Waals surface area (Å²) in [7, 11) is 1.99. The summed E-state index contributed by atoms with van der Waals surface area (Å²) in [6, 6.07) is 0.593. The van der Waals surface area contributed by atoms with E-state index in [9.17, 15) is 0 Å². The highest BCUT2D eigenvalue weighted by atomic mass is 16.5. The molecule has 1 aliphatic rings. The first-order valence-corrected chi connectivity index (χ1v) is 7.03. The number of aromatic nitrogens is 2. The molecule has 0 saturated carbocycles. The number of hydrogen-bond donors (Lipinski definition) is 1. The Labute approximate surface area is 110 Å². The van der Waals surface area contributed by atoms with Crippen molar-refractivity contribution in [1.29, 1.82) is 0 Å². The van der Waals surface area contributed by atoms with Gasteiger partial charge in [0.1, 0.15) is 0 Å². The van der Waals surface area contributed by atoms with Gasteiger partial charge in [0.25, 0.3) is 0 Å². The van der Waals surface area contributed by atoms with Crippen molar-refractivity contribution in [3.63, 3.8) is 0 Å². The maximum atomic E-state index is 5.77. The summed E-state index contributed by atoms with van der Waals surface area (Å²) in [6.07, 6.45) is 7.08. The van der Waals surface area contributed by atoms with Crippen molar-refractivity contribution < 1.29 is 4.74 Å². The van der Waals surface area contributed by atoms with Gasteiger partial charge in [-0.25, -0.2) is 0 Å². The summed E-state index contributed by atoms with van der Waals surface area (Å²) in [4.78, 5) is 0. The smallest absolute Gasteiger partial charge is 0.0589 e. The van der Waals surface area contributed by atoms with Crippen LogP contribution in [0.15, 0.2) is 6.20 Å². The molecule has 1 N–H and O–H groups in total. The number of hydrogen-bond acceptors (Lipinski definition) is 3. The molecule has 0 aromatic carbocycles. The predicted molar refractivity (Wildman–Crippen MR) is 72.5 cm³/mol. The van der Waals surface area contributed by atoms with Gasteiger partial charge in [-0.3, -0.25) is 4.68 Å². The molecule has 2 unspecified atom stereocenters. The SMILES string of the molecule is CCCC1CC(NCc2cnn(C)c2C)CCO1. The Morgan fingerprint density at radius 1 is 1.56 bits per heavy atom. The van der Waals surface area contributed by atoms with Crippen LogP contribution in [-0.2, 0) is 18.3 Å². The second kappa shape index (κ2) is 6.34. The van der Waals surface area contributed by atoms with Crippen LogP contribution >= 0.6 is 0 Å². The maximum Gasteiger partial charge on any atom is 0.0589 e. The Morgan fingerprint density at radius 3 is 3.06 bits per heavy atom. The lowest BCUT2D eigenvalue weighted by atomic mass is 10.00. The largest absolute Gasteiger partial charge is 0.378 e. The molecular weight excluding hydrogens is 226 g/mol. The summed E-state index contributed by atoms with van der Waals surface area (Å²) >= 11 is 0. The lowest BCUT2D eigenvalue weighted by Gasteiger charge is -2.30. The first kappa shape index (κ1) is 13.6. The van der Waals surface area contributed by atoms with E-state index in [1.165, 1.54) is 24.1 Å². The maximum absolute atomic E-state index is 5.77. The van der Waals surface area contributed by atoms with Gasteiger partial charge in [-0.1, -0.05) is 13.3 Å². The molecule has 0 aliphatic carbocycles. The summed E-state index contributed by atoms with van der Waals surface area (Å²) in [6.45, 7) is 6.16. The van der Waals surface area contributed by atoms with Gasteiger partial charge in [-0.2, -0.15) is 5.10 Å². The van der Waals surface area contributed by atoms with E-state index >= 15 is 0 Å². The third kappa shape index (κ3) is 3.33. The number of rotatable bonds is 5. The highest BCUT2D eigenvalue weighted by Gasteiger charge is 2.21. The predicted octanol–water partition coefficient (Wildman–Crippen LogP) is 2.17. The van der Waals surface area contributed by atoms with Crippen LogP contribution in [-0.4, -0.2) is 28.5 Å². The van der Waals surface area contributed by atoms with E-state index in [-0.39, 0.29) is 0 Å². The molecule has 1 fully saturated rings. The van der Waals surface area contributed by atoms with Gasteiger partial charge < -0.3 is 10.1 Å². The van der Waals surface area contributed by atoms with Crippen molar-refractivity contribution in [1.82, 2.24) is 15.1 Å². The summed E-state index contributed by atoms with van der Waals surface area (Å²) in [5.41, 5.74) is 2.55. The van der Waals surface area contributed by atoms with Gasteiger partial charge in [-0.15, -0.1) is 0 Å². The lowest BCUT2D eigenvalue weighted by molar-refractivity contribution is -0.00343. The third-order valence-corrected chi connectivity index (χ3v) is 3.90. The molecule has 2 atom stereocenters. The van der Waals surface area contributed by atoms with Crippen molar-refractivity contribution in [2.45, 2.75) is 58.2 Å². The Morgan fingerprint density at radius 2 is 2.39 bits per heavy atom. The lowest BCUT2D eigenvalue weighted by Crippen LogP contribution is -2.38. The Hall–Kier alpha value is -0.870. The van der Waals surface area contributed by atoms with Crippen LogP contribution in [0.25, 0.3) is 0 Å². The minimum Gasteiger partial charge on any atom is -0.378 e. The van der Waals surface area contributed by atoms with E-state index in [1.54, 1.807) is 0 Å². The van der Waals surface area contributed by atoms with E-state index in [1.807, 2.05) is 17.9 Å². The highest BCUT2D eigenvalue weighted by Crippen LogP contribution is 2.18. The van der Waals surface area contributed by atoms with Gasteiger partial charge >= 0.3 is 0 Å². The molecule has 0 spiro atoms. The van der Waals surface area contributed by atoms with E-state index < -0.39 is 0 Å². The number of aryl methyl sites for hydroxylation is 1. The highest BCUT2D eigenvalue weighted by molar-refractivity contribution is 5.15. The second-order valence-electron chi connectivity index (χ2n) is 5.26. The zero-order valence-corrected chi connectivity index (χ0v) is 11.8. The van der Waals surface area contributed by atoms with E-state index in [0.29, 0.717) is 12.1 Å². The normalized spacial score (nSPS) is 24.4. The molecule has 1 aromatic rings. The summed E-state index contributed by atoms with van der Waals surface area (Å²) in [5, 5.41) is 7.92. The van der Waals surface area contributed by atoms with Gasteiger partial charge in [0, 0.05) is 37.5 Å². The minimum atomic E-state index is 0.455. The van der Waals surface area contributed by atoms with Crippen LogP contribution in [0.5, 0.6) is 0 Å². The monoisotopic (exact) mass is 251 g/mol. The van der Waals surface area contributed by atoms with Crippen LogP contribution in [0.1, 0.15) is 43.9 Å². The van der Waals surface area contributed by atoms with Crippen molar-refractivity contribution >= 4 is 0 Å². The average molecular weight is 251 g/mol. The van der Waals surface area contributed by atoms with E-state index in [4.69, 9.17) is 4.74 Å². The van der Waals surface area contributed by atoms with Crippen molar-refractivity contribution in [3.05, 3.63) is 17.5 Å². The topological polar surface area (TPSA) is 39.1 Å². The molecule has 2 heterocycles. The first-order valence-electron chi connectivity index (χ1n) is 7.03. The third-order valence-electron chi connectivity index (χ3n) is 3.90. The molecule has 0 bridgehead atoms. The molecule has 1 saturated heterocycles. The molecule has 1 aliphatic heterocycles. The average Bonchev–Trinajstić information content (AvgIpc) is 2.69. The van der Waals surface area contributed by atoms with E-state index in [2.05, 4.69) is 24.3 Å². The number of nitrogens with zero attached hydrogens (tertiary/aromatic N) is 2. The molecular formula is C14H25N3O. The van der Waals surface area contributed by atoms with Gasteiger partial charge in [0.2, 0.25) is 0 Å². The van der Waals surface area contributed by atoms with Gasteiger partial charge in [0.05, 0.1) is 12.3 Å². The zero-order valence-electron chi connectivity index (χ0n) is 11.8. The van der Waals surface area contributed by atoms with Crippen molar-refractivity contribution in [2.24, 2.45) is 7.05 Å². The minimum absolute atomic E-state index is 0.455. The standard InChI is InChI=1S/C14H25N3O/c1-4-5-14-8-13(6-7-18-14)15-9-12-10-16-17(3)11(12)2/h10,13-15H,4-9H2,1-3H3. The second-order valence-corrected chi connectivity index (χ2v) is 5.26. The molecule has 0 radical (unpaired) electrons. The molecule has 0 amide bonds. The summed E-state index contributed by atoms with van der Waals surface area (Å²) in [5.74, 6) is 0. The fraction of sp³-hybridized carbons (Fsp3) is 0.786. The van der Waals surface area contributed by atoms with Crippen molar-refractivity contribution in [3.8, 4) is 0 Å². The molecule has 102 valence electrons. The summed E-state index contributed by atoms with van der Waals surface area (Å²) < 4.78 is 7.70. The molecule has 1 aromatic heterocycles. The van der Waals surface area contributed by atoms with Crippen LogP contribution in [0.2, 0.25) is 0 Å². The van der Waals surface area contributed by atoms with Crippen LogP contribution in [0.4, 0.5) is 0 Å². The Kier molecular flexibility index (Phi) is 4.78. The Balaban J connectivity index is 1.81. The van der Waals surface area contributed by atoms with Crippen LogP contribution < -0.4 is 5.32 Å². The first-order chi connectivity index (χ1) is 8.70. The molecule has 4 nitrogen and oxygen atoms in total. The quantitative estimate of drug-likeness (QED) is 0.871. The van der Waals surface area contributed by atoms with Crippen molar-refractivity contribution in [2.75, 3.05) is 6.61 Å². The van der Waals surface area contributed by atoms with Crippen LogP contribution in [0.3, 0.4) is 0 Å². The molecule has 4 heteroatoms. The molecule has 2 rings (SSSR count). The number of nitrogens with one attached hydrogen (secondary N) is 1.